The number of hydrogen-bond donors (Lipinski definition) is 2. The van der Waals surface area contributed by atoms with Crippen LogP contribution in [0.25, 0.3) is 33.9 Å². The van der Waals surface area contributed by atoms with E-state index in [1.807, 2.05) is 48.7 Å². The van der Waals surface area contributed by atoms with Gasteiger partial charge in [-0.1, -0.05) is 11.6 Å². The standard InChI is InChI=1S/C22H20ClN5O2/c1-24-22(29)14-4-7-19-17(10-14)27-21(28(19)16-8-9-30-12-16)18-11-25-20(26-18)13-2-5-15(23)6-3-13/h2-7,10-11,16H,8-9,12H2,1H3,(H,24,29)(H,25,26). The van der Waals surface area contributed by atoms with E-state index in [1.165, 1.54) is 0 Å². The van der Waals surface area contributed by atoms with Gasteiger partial charge in [-0.05, 0) is 48.9 Å². The number of ether oxygens (including phenoxy) is 1. The molecule has 2 N–H and O–H groups in total. The Morgan fingerprint density at radius 3 is 2.80 bits per heavy atom. The van der Waals surface area contributed by atoms with Crippen LogP contribution in [0, 0.1) is 0 Å². The van der Waals surface area contributed by atoms with Crippen molar-refractivity contribution in [2.45, 2.75) is 12.5 Å². The fourth-order valence-electron chi connectivity index (χ4n) is 3.85. The van der Waals surface area contributed by atoms with Crippen LogP contribution in [0.4, 0.5) is 0 Å². The number of carbonyl (C=O) groups excluding carboxylic acids is 1. The second-order valence-electron chi connectivity index (χ2n) is 7.25. The quantitative estimate of drug-likeness (QED) is 0.520. The highest BCUT2D eigenvalue weighted by Gasteiger charge is 2.25. The summed E-state index contributed by atoms with van der Waals surface area (Å²) in [6, 6.07) is 13.3. The average molecular weight is 422 g/mol. The Morgan fingerprint density at radius 1 is 1.23 bits per heavy atom. The van der Waals surface area contributed by atoms with Crippen LogP contribution < -0.4 is 5.32 Å². The number of aromatic nitrogens is 4. The number of hydrogen-bond acceptors (Lipinski definition) is 4. The summed E-state index contributed by atoms with van der Waals surface area (Å²) in [6.45, 7) is 1.35. The lowest BCUT2D eigenvalue weighted by molar-refractivity contribution is 0.0963. The van der Waals surface area contributed by atoms with E-state index < -0.39 is 0 Å². The van der Waals surface area contributed by atoms with Crippen molar-refractivity contribution in [3.05, 3.63) is 59.2 Å². The number of halogens is 1. The molecule has 1 aliphatic rings. The lowest BCUT2D eigenvalue weighted by Crippen LogP contribution is -2.17. The number of benzene rings is 2. The third-order valence-corrected chi connectivity index (χ3v) is 5.63. The minimum Gasteiger partial charge on any atom is -0.379 e. The molecular weight excluding hydrogens is 402 g/mol. The van der Waals surface area contributed by atoms with Gasteiger partial charge in [-0.15, -0.1) is 0 Å². The molecule has 1 atom stereocenters. The Morgan fingerprint density at radius 2 is 2.07 bits per heavy atom. The summed E-state index contributed by atoms with van der Waals surface area (Å²) >= 11 is 6.00. The maximum absolute atomic E-state index is 12.1. The number of nitrogens with one attached hydrogen (secondary N) is 2. The van der Waals surface area contributed by atoms with Crippen LogP contribution in [0.15, 0.2) is 48.7 Å². The fourth-order valence-corrected chi connectivity index (χ4v) is 3.98. The first-order valence-corrected chi connectivity index (χ1v) is 10.2. The van der Waals surface area contributed by atoms with E-state index in [0.29, 0.717) is 17.2 Å². The highest BCUT2D eigenvalue weighted by molar-refractivity contribution is 6.30. The number of H-pyrrole nitrogens is 1. The Hall–Kier alpha value is -3.16. The van der Waals surface area contributed by atoms with E-state index in [-0.39, 0.29) is 11.9 Å². The van der Waals surface area contributed by atoms with Crippen LogP contribution in [0.1, 0.15) is 22.8 Å². The van der Waals surface area contributed by atoms with Crippen LogP contribution in [-0.2, 0) is 4.74 Å². The molecule has 1 aliphatic heterocycles. The molecule has 8 heteroatoms. The molecule has 7 nitrogen and oxygen atoms in total. The summed E-state index contributed by atoms with van der Waals surface area (Å²) in [5.41, 5.74) is 3.98. The van der Waals surface area contributed by atoms with Gasteiger partial charge in [-0.3, -0.25) is 4.79 Å². The van der Waals surface area contributed by atoms with Crippen molar-refractivity contribution in [2.75, 3.05) is 20.3 Å². The molecule has 4 aromatic rings. The largest absolute Gasteiger partial charge is 0.379 e. The van der Waals surface area contributed by atoms with Crippen molar-refractivity contribution in [1.29, 1.82) is 0 Å². The van der Waals surface area contributed by atoms with E-state index in [4.69, 9.17) is 26.3 Å². The van der Waals surface area contributed by atoms with Gasteiger partial charge in [-0.25, -0.2) is 9.97 Å². The van der Waals surface area contributed by atoms with E-state index >= 15 is 0 Å². The summed E-state index contributed by atoms with van der Waals surface area (Å²) < 4.78 is 7.81. The monoisotopic (exact) mass is 421 g/mol. The van der Waals surface area contributed by atoms with E-state index in [0.717, 1.165) is 47.0 Å². The topological polar surface area (TPSA) is 84.8 Å². The molecule has 0 radical (unpaired) electrons. The molecule has 0 saturated carbocycles. The number of rotatable bonds is 4. The predicted molar refractivity (Wildman–Crippen MR) is 116 cm³/mol. The van der Waals surface area contributed by atoms with Gasteiger partial charge in [0.1, 0.15) is 11.5 Å². The van der Waals surface area contributed by atoms with Crippen molar-refractivity contribution >= 4 is 28.5 Å². The first-order valence-electron chi connectivity index (χ1n) is 9.77. The average Bonchev–Trinajstić information content (AvgIpc) is 3.51. The van der Waals surface area contributed by atoms with E-state index in [1.54, 1.807) is 7.05 Å². The van der Waals surface area contributed by atoms with Crippen LogP contribution in [-0.4, -0.2) is 45.7 Å². The molecule has 5 rings (SSSR count). The maximum Gasteiger partial charge on any atom is 0.251 e. The molecule has 30 heavy (non-hydrogen) atoms. The smallest absolute Gasteiger partial charge is 0.251 e. The summed E-state index contributed by atoms with van der Waals surface area (Å²) in [4.78, 5) is 24.9. The van der Waals surface area contributed by atoms with Gasteiger partial charge in [0.15, 0.2) is 5.82 Å². The fraction of sp³-hybridized carbons (Fsp3) is 0.227. The number of carbonyl (C=O) groups is 1. The van der Waals surface area contributed by atoms with Gasteiger partial charge in [0, 0.05) is 36.0 Å². The Kier molecular flexibility index (Phi) is 4.77. The zero-order chi connectivity index (χ0) is 20.7. The van der Waals surface area contributed by atoms with Crippen molar-refractivity contribution < 1.29 is 9.53 Å². The van der Waals surface area contributed by atoms with Gasteiger partial charge in [-0.2, -0.15) is 0 Å². The van der Waals surface area contributed by atoms with Crippen molar-refractivity contribution in [3.63, 3.8) is 0 Å². The minimum absolute atomic E-state index is 0.137. The van der Waals surface area contributed by atoms with Crippen LogP contribution in [0.2, 0.25) is 5.02 Å². The molecule has 0 aliphatic carbocycles. The summed E-state index contributed by atoms with van der Waals surface area (Å²) in [5, 5.41) is 3.34. The molecule has 1 unspecified atom stereocenters. The molecule has 1 fully saturated rings. The van der Waals surface area contributed by atoms with Gasteiger partial charge < -0.3 is 19.6 Å². The number of fused-ring (bicyclic) bond motifs is 1. The Labute approximate surface area is 178 Å². The molecule has 2 aromatic heterocycles. The van der Waals surface area contributed by atoms with Crippen molar-refractivity contribution in [2.24, 2.45) is 0 Å². The molecule has 0 bridgehead atoms. The van der Waals surface area contributed by atoms with Crippen LogP contribution in [0.3, 0.4) is 0 Å². The van der Waals surface area contributed by atoms with E-state index in [2.05, 4.69) is 14.9 Å². The van der Waals surface area contributed by atoms with Gasteiger partial charge in [0.05, 0.1) is 23.7 Å². The Bertz CT molecular complexity index is 1220. The molecule has 152 valence electrons. The highest BCUT2D eigenvalue weighted by atomic mass is 35.5. The molecular formula is C22H20ClN5O2. The van der Waals surface area contributed by atoms with Gasteiger partial charge in [0.2, 0.25) is 0 Å². The third-order valence-electron chi connectivity index (χ3n) is 5.37. The van der Waals surface area contributed by atoms with Gasteiger partial charge >= 0.3 is 0 Å². The second-order valence-corrected chi connectivity index (χ2v) is 7.68. The van der Waals surface area contributed by atoms with Crippen LogP contribution >= 0.6 is 11.6 Å². The lowest BCUT2D eigenvalue weighted by atomic mass is 10.1. The normalized spacial score (nSPS) is 16.3. The zero-order valence-electron chi connectivity index (χ0n) is 16.4. The predicted octanol–water partition coefficient (Wildman–Crippen LogP) is 4.07. The second kappa shape index (κ2) is 7.59. The molecule has 1 amide bonds. The summed E-state index contributed by atoms with van der Waals surface area (Å²) in [5.74, 6) is 1.36. The minimum atomic E-state index is -0.137. The number of aromatic amines is 1. The van der Waals surface area contributed by atoms with Gasteiger partial charge in [0.25, 0.3) is 5.91 Å². The summed E-state index contributed by atoms with van der Waals surface area (Å²) in [7, 11) is 1.62. The first kappa shape index (κ1) is 18.8. The highest BCUT2D eigenvalue weighted by Crippen LogP contribution is 2.32. The summed E-state index contributed by atoms with van der Waals surface area (Å²) in [6.07, 6.45) is 2.77. The number of nitrogens with zero attached hydrogens (tertiary/aromatic N) is 3. The molecule has 3 heterocycles. The van der Waals surface area contributed by atoms with E-state index in [9.17, 15) is 4.79 Å². The molecule has 2 aromatic carbocycles. The molecule has 1 saturated heterocycles. The zero-order valence-corrected chi connectivity index (χ0v) is 17.1. The number of imidazole rings is 2. The molecule has 0 spiro atoms. The van der Waals surface area contributed by atoms with Crippen molar-refractivity contribution in [3.8, 4) is 22.9 Å². The Balaban J connectivity index is 1.63. The third kappa shape index (κ3) is 3.26. The van der Waals surface area contributed by atoms with Crippen LogP contribution in [0.5, 0.6) is 0 Å². The first-order chi connectivity index (χ1) is 14.6. The van der Waals surface area contributed by atoms with Crippen molar-refractivity contribution in [1.82, 2.24) is 24.8 Å². The number of amides is 1. The lowest BCUT2D eigenvalue weighted by Gasteiger charge is -2.14. The SMILES string of the molecule is CNC(=O)c1ccc2c(c1)nc(-c1c[nH]c(-c3ccc(Cl)cc3)n1)n2C1CCOC1. The maximum atomic E-state index is 12.1.